The maximum atomic E-state index is 12.5. The number of aliphatic hydroxyl groups is 1. The highest BCUT2D eigenvalue weighted by molar-refractivity contribution is 6.78. The molecule has 1 heterocycles. The number of hydrogen-bond acceptors (Lipinski definition) is 5. The van der Waals surface area contributed by atoms with Crippen LogP contribution in [0.5, 0.6) is 11.5 Å². The van der Waals surface area contributed by atoms with Crippen LogP contribution < -0.4 is 14.9 Å². The molecule has 0 aliphatic rings. The van der Waals surface area contributed by atoms with Gasteiger partial charge in [-0.25, -0.2) is 4.39 Å². The van der Waals surface area contributed by atoms with Gasteiger partial charge in [0.05, 0.1) is 5.02 Å². The zero-order chi connectivity index (χ0) is 36.4. The highest BCUT2D eigenvalue weighted by Crippen LogP contribution is 2.48. The Bertz CT molecular complexity index is 1760. The second-order valence-corrected chi connectivity index (χ2v) is 19.5. The predicted octanol–water partition coefficient (Wildman–Crippen LogP) is 11.1. The third-order valence-electron chi connectivity index (χ3n) is 9.57. The van der Waals surface area contributed by atoms with Gasteiger partial charge in [-0.3, -0.25) is 4.98 Å². The van der Waals surface area contributed by atoms with Gasteiger partial charge in [0.25, 0.3) is 8.32 Å². The topological polar surface area (TPSA) is 77.6 Å². The number of benzene rings is 4. The van der Waals surface area contributed by atoms with E-state index >= 15 is 0 Å². The number of ether oxygens (including phenoxy) is 1. The summed E-state index contributed by atoms with van der Waals surface area (Å²) in [5.41, 5.74) is 12.6. The molecule has 0 spiro atoms. The summed E-state index contributed by atoms with van der Waals surface area (Å²) in [5, 5.41) is 11.0. The molecular weight excluding hydrogens is 663 g/mol. The second-order valence-electron chi connectivity index (χ2n) is 13.7. The van der Waals surface area contributed by atoms with Crippen molar-refractivity contribution in [2.24, 2.45) is 5.73 Å². The Hall–Kier alpha value is -3.75. The van der Waals surface area contributed by atoms with Crippen LogP contribution in [-0.2, 0) is 13.0 Å². The van der Waals surface area contributed by atoms with E-state index in [9.17, 15) is 9.50 Å². The van der Waals surface area contributed by atoms with Crippen molar-refractivity contribution in [3.63, 3.8) is 0 Å². The Morgan fingerprint density at radius 3 is 1.90 bits per heavy atom. The Morgan fingerprint density at radius 1 is 0.820 bits per heavy atom. The highest BCUT2D eigenvalue weighted by atomic mass is 35.5. The summed E-state index contributed by atoms with van der Waals surface area (Å²) in [6, 6.07) is 29.3. The monoisotopic (exact) mass is 714 g/mol. The fraction of sp³-hybridized carbons (Fsp3) is 0.357. The number of nitrogens with two attached hydrogens (primary N) is 1. The van der Waals surface area contributed by atoms with E-state index in [0.717, 1.165) is 50.2 Å². The number of aromatic nitrogens is 1. The Kier molecular flexibility index (Phi) is 14.0. The Morgan fingerprint density at radius 2 is 1.40 bits per heavy atom. The maximum Gasteiger partial charge on any atom is 0.258 e. The molecule has 0 saturated heterocycles. The molecule has 1 aromatic heterocycles. The largest absolute Gasteiger partial charge is 0.542 e. The van der Waals surface area contributed by atoms with Crippen LogP contribution in [0.15, 0.2) is 97.2 Å². The van der Waals surface area contributed by atoms with Crippen molar-refractivity contribution < 1.29 is 18.7 Å². The van der Waals surface area contributed by atoms with Gasteiger partial charge < -0.3 is 20.0 Å². The third-order valence-corrected chi connectivity index (χ3v) is 15.8. The molecule has 0 amide bonds. The first-order chi connectivity index (χ1) is 24.0. The average Bonchev–Trinajstić information content (AvgIpc) is 3.11. The summed E-state index contributed by atoms with van der Waals surface area (Å²) in [6.45, 7) is 16.5. The molecule has 5 aromatic rings. The van der Waals surface area contributed by atoms with E-state index in [0.29, 0.717) is 36.0 Å². The van der Waals surface area contributed by atoms with Gasteiger partial charge in [0.15, 0.2) is 0 Å². The zero-order valence-electron chi connectivity index (χ0n) is 30.4. The molecule has 266 valence electrons. The molecule has 8 heteroatoms. The smallest absolute Gasteiger partial charge is 0.258 e. The van der Waals surface area contributed by atoms with Crippen LogP contribution in [0.1, 0.15) is 81.9 Å². The average molecular weight is 715 g/mol. The molecule has 0 aliphatic heterocycles. The van der Waals surface area contributed by atoms with Crippen LogP contribution >= 0.6 is 11.6 Å². The van der Waals surface area contributed by atoms with E-state index in [1.165, 1.54) is 12.1 Å². The normalized spacial score (nSPS) is 11.7. The number of rotatable bonds is 13. The van der Waals surface area contributed by atoms with E-state index in [4.69, 9.17) is 31.5 Å². The first kappa shape index (κ1) is 39.0. The van der Waals surface area contributed by atoms with Crippen LogP contribution in [0.3, 0.4) is 0 Å². The predicted molar refractivity (Wildman–Crippen MR) is 208 cm³/mol. The van der Waals surface area contributed by atoms with Gasteiger partial charge >= 0.3 is 0 Å². The fourth-order valence-electron chi connectivity index (χ4n) is 7.13. The number of hydrogen-bond donors (Lipinski definition) is 2. The van der Waals surface area contributed by atoms with Crippen molar-refractivity contribution in [1.82, 2.24) is 4.98 Å². The van der Waals surface area contributed by atoms with Gasteiger partial charge in [-0.05, 0) is 77.3 Å². The van der Waals surface area contributed by atoms with Gasteiger partial charge in [0.1, 0.15) is 28.9 Å². The molecule has 0 fully saturated rings. The zero-order valence-corrected chi connectivity index (χ0v) is 32.2. The number of aliphatic hydroxyl groups excluding tert-OH is 1. The van der Waals surface area contributed by atoms with Crippen molar-refractivity contribution in [3.05, 3.63) is 136 Å². The van der Waals surface area contributed by atoms with E-state index in [1.807, 2.05) is 24.4 Å². The standard InChI is InChI=1S/C35H45NO3Si.C7H7ClFN/c1-24(2)40(25(3)4,26(5)6)39-35-30(21-15-23-37)27(7)33(32-31(35)20-14-22-36-32)38-34(28-16-10-8-11-17-28)29-18-12-9-13-19-29;8-6-3-5(4-10)1-2-7(6)9/h8-14,16-20,22,24-26,34,37H,15,21,23H2,1-7H3;1-3H,4,10H2. The fourth-order valence-corrected chi connectivity index (χ4v) is 12.6. The van der Waals surface area contributed by atoms with E-state index in [-0.39, 0.29) is 17.7 Å². The van der Waals surface area contributed by atoms with Crippen molar-refractivity contribution in [2.75, 3.05) is 6.61 Å². The van der Waals surface area contributed by atoms with Crippen LogP contribution in [0.4, 0.5) is 4.39 Å². The molecule has 5 nitrogen and oxygen atoms in total. The van der Waals surface area contributed by atoms with Crippen LogP contribution in [0.2, 0.25) is 21.6 Å². The molecule has 0 bridgehead atoms. The van der Waals surface area contributed by atoms with E-state index < -0.39 is 14.1 Å². The molecule has 0 atom stereocenters. The molecule has 0 saturated carbocycles. The van der Waals surface area contributed by atoms with Gasteiger partial charge in [0, 0.05) is 35.9 Å². The Balaban J connectivity index is 0.000000482. The molecule has 3 N–H and O–H groups in total. The number of nitrogens with zero attached hydrogens (tertiary/aromatic N) is 1. The van der Waals surface area contributed by atoms with Crippen molar-refractivity contribution in [1.29, 1.82) is 0 Å². The van der Waals surface area contributed by atoms with Crippen LogP contribution in [0.25, 0.3) is 10.9 Å². The lowest BCUT2D eigenvalue weighted by Gasteiger charge is -2.43. The van der Waals surface area contributed by atoms with Crippen molar-refractivity contribution in [2.45, 2.75) is 90.6 Å². The van der Waals surface area contributed by atoms with Crippen molar-refractivity contribution >= 4 is 30.8 Å². The van der Waals surface area contributed by atoms with Gasteiger partial charge in [-0.15, -0.1) is 0 Å². The summed E-state index contributed by atoms with van der Waals surface area (Å²) in [7, 11) is -2.26. The van der Waals surface area contributed by atoms with Gasteiger partial charge in [-0.2, -0.15) is 0 Å². The molecule has 5 rings (SSSR count). The summed E-state index contributed by atoms with van der Waals surface area (Å²) in [5.74, 6) is 1.30. The second kappa shape index (κ2) is 18.0. The molecule has 4 aromatic carbocycles. The van der Waals surface area contributed by atoms with Crippen LogP contribution in [-0.4, -0.2) is 25.0 Å². The minimum atomic E-state index is -2.26. The molecule has 0 unspecified atom stereocenters. The van der Waals surface area contributed by atoms with Gasteiger partial charge in [0.2, 0.25) is 0 Å². The summed E-state index contributed by atoms with van der Waals surface area (Å²) < 4.78 is 26.9. The summed E-state index contributed by atoms with van der Waals surface area (Å²) in [6.07, 6.45) is 2.91. The van der Waals surface area contributed by atoms with E-state index in [2.05, 4.69) is 103 Å². The first-order valence-electron chi connectivity index (χ1n) is 17.6. The highest BCUT2D eigenvalue weighted by Gasteiger charge is 2.47. The lowest BCUT2D eigenvalue weighted by Crippen LogP contribution is -2.51. The lowest BCUT2D eigenvalue weighted by atomic mass is 9.97. The minimum absolute atomic E-state index is 0.123. The van der Waals surface area contributed by atoms with Crippen LogP contribution in [0, 0.1) is 12.7 Å². The van der Waals surface area contributed by atoms with E-state index in [1.54, 1.807) is 6.07 Å². The van der Waals surface area contributed by atoms with Gasteiger partial charge in [-0.1, -0.05) is 120 Å². The minimum Gasteiger partial charge on any atom is -0.542 e. The number of pyridine rings is 1. The molecule has 0 radical (unpaired) electrons. The number of fused-ring (bicyclic) bond motifs is 1. The number of halogens is 2. The molecule has 0 aliphatic carbocycles. The van der Waals surface area contributed by atoms with Crippen molar-refractivity contribution in [3.8, 4) is 11.5 Å². The SMILES string of the molecule is Cc1c(CCCO)c(O[Si](C(C)C)(C(C)C)C(C)C)c2cccnc2c1OC(c1ccccc1)c1ccccc1.NCc1ccc(F)c(Cl)c1. The quantitative estimate of drug-likeness (QED) is 0.119. The summed E-state index contributed by atoms with van der Waals surface area (Å²) >= 11 is 5.46. The summed E-state index contributed by atoms with van der Waals surface area (Å²) in [4.78, 5) is 4.89. The molecule has 50 heavy (non-hydrogen) atoms. The molecular formula is C42H52ClFN2O3Si. The first-order valence-corrected chi connectivity index (χ1v) is 20.1. The lowest BCUT2D eigenvalue weighted by molar-refractivity contribution is 0.247. The Labute approximate surface area is 303 Å². The maximum absolute atomic E-state index is 12.5. The third kappa shape index (κ3) is 8.75.